The third-order valence-corrected chi connectivity index (χ3v) is 3.38. The summed E-state index contributed by atoms with van der Waals surface area (Å²) in [6.07, 6.45) is 0.224. The first-order valence-electron chi connectivity index (χ1n) is 7.05. The Labute approximate surface area is 125 Å². The van der Waals surface area contributed by atoms with Gasteiger partial charge in [-0.05, 0) is 30.2 Å². The Kier molecular flexibility index (Phi) is 5.52. The molecule has 112 valence electrons. The van der Waals surface area contributed by atoms with Gasteiger partial charge in [0.15, 0.2) is 11.5 Å². The molecule has 5 heteroatoms. The van der Waals surface area contributed by atoms with Crippen LogP contribution in [0.2, 0.25) is 5.02 Å². The van der Waals surface area contributed by atoms with Crippen molar-refractivity contribution in [3.8, 4) is 11.5 Å². The fourth-order valence-corrected chi connectivity index (χ4v) is 2.34. The minimum Gasteiger partial charge on any atom is -0.489 e. The Morgan fingerprint density at radius 3 is 2.75 bits per heavy atom. The minimum atomic E-state index is -0.608. The molecule has 20 heavy (non-hydrogen) atoms. The van der Waals surface area contributed by atoms with Gasteiger partial charge >= 0.3 is 0 Å². The van der Waals surface area contributed by atoms with Gasteiger partial charge in [-0.15, -0.1) is 0 Å². The van der Waals surface area contributed by atoms with E-state index in [0.717, 1.165) is 18.5 Å². The maximum atomic E-state index is 10.2. The molecule has 1 atom stereocenters. The second-order valence-electron chi connectivity index (χ2n) is 5.45. The van der Waals surface area contributed by atoms with Gasteiger partial charge in [-0.1, -0.05) is 25.4 Å². The molecule has 0 fully saturated rings. The molecule has 1 aromatic rings. The predicted octanol–water partition coefficient (Wildman–Crippen LogP) is 2.78. The van der Waals surface area contributed by atoms with Crippen molar-refractivity contribution in [2.75, 3.05) is 26.3 Å². The standard InChI is InChI=1S/C15H22ClNO3/c1-10(2)8-17-9-13(18)11-6-12(16)15-14(7-11)19-4-3-5-20-15/h6-7,10,13,17-18H,3-5,8-9H2,1-2H3. The Bertz CT molecular complexity index is 451. The second kappa shape index (κ2) is 7.16. The van der Waals surface area contributed by atoms with Gasteiger partial charge < -0.3 is 19.9 Å². The maximum Gasteiger partial charge on any atom is 0.179 e. The molecule has 1 aliphatic heterocycles. The van der Waals surface area contributed by atoms with Crippen molar-refractivity contribution in [3.63, 3.8) is 0 Å². The quantitative estimate of drug-likeness (QED) is 0.878. The van der Waals surface area contributed by atoms with Crippen molar-refractivity contribution in [3.05, 3.63) is 22.7 Å². The van der Waals surface area contributed by atoms with Gasteiger partial charge in [0.2, 0.25) is 0 Å². The number of nitrogens with one attached hydrogen (secondary N) is 1. The fourth-order valence-electron chi connectivity index (χ4n) is 2.07. The Balaban J connectivity index is 2.08. The third kappa shape index (κ3) is 4.01. The Morgan fingerprint density at radius 1 is 1.25 bits per heavy atom. The predicted molar refractivity (Wildman–Crippen MR) is 79.7 cm³/mol. The maximum absolute atomic E-state index is 10.2. The van der Waals surface area contributed by atoms with Crippen LogP contribution in [0, 0.1) is 5.92 Å². The first kappa shape index (κ1) is 15.4. The highest BCUT2D eigenvalue weighted by Gasteiger charge is 2.18. The highest BCUT2D eigenvalue weighted by atomic mass is 35.5. The SMILES string of the molecule is CC(C)CNCC(O)c1cc(Cl)c2c(c1)OCCCO2. The number of rotatable bonds is 5. The van der Waals surface area contributed by atoms with Gasteiger partial charge in [0.05, 0.1) is 24.3 Å². The van der Waals surface area contributed by atoms with Crippen LogP contribution >= 0.6 is 11.6 Å². The number of ether oxygens (including phenoxy) is 2. The summed E-state index contributed by atoms with van der Waals surface area (Å²) in [5, 5.41) is 13.9. The van der Waals surface area contributed by atoms with Crippen LogP contribution in [0.25, 0.3) is 0 Å². The molecule has 0 amide bonds. The first-order chi connectivity index (χ1) is 9.58. The highest BCUT2D eigenvalue weighted by Crippen LogP contribution is 2.39. The summed E-state index contributed by atoms with van der Waals surface area (Å²) in [6.45, 7) is 6.83. The van der Waals surface area contributed by atoms with Crippen molar-refractivity contribution >= 4 is 11.6 Å². The van der Waals surface area contributed by atoms with E-state index in [0.29, 0.717) is 42.2 Å². The van der Waals surface area contributed by atoms with Gasteiger partial charge in [0, 0.05) is 13.0 Å². The number of benzene rings is 1. The van der Waals surface area contributed by atoms with E-state index in [1.165, 1.54) is 0 Å². The molecule has 0 bridgehead atoms. The van der Waals surface area contributed by atoms with Crippen LogP contribution in [0.1, 0.15) is 31.9 Å². The van der Waals surface area contributed by atoms with E-state index in [4.69, 9.17) is 21.1 Å². The number of halogens is 1. The second-order valence-corrected chi connectivity index (χ2v) is 5.86. The summed E-state index contributed by atoms with van der Waals surface area (Å²) in [5.74, 6) is 1.75. The van der Waals surface area contributed by atoms with Gasteiger partial charge in [-0.3, -0.25) is 0 Å². The lowest BCUT2D eigenvalue weighted by atomic mass is 10.1. The average molecular weight is 300 g/mol. The largest absolute Gasteiger partial charge is 0.489 e. The van der Waals surface area contributed by atoms with Gasteiger partial charge in [-0.25, -0.2) is 0 Å². The van der Waals surface area contributed by atoms with Crippen molar-refractivity contribution in [2.24, 2.45) is 5.92 Å². The van der Waals surface area contributed by atoms with Gasteiger partial charge in [0.1, 0.15) is 0 Å². The monoisotopic (exact) mass is 299 g/mol. The van der Waals surface area contributed by atoms with Crippen molar-refractivity contribution in [2.45, 2.75) is 26.4 Å². The fraction of sp³-hybridized carbons (Fsp3) is 0.600. The van der Waals surface area contributed by atoms with Crippen LogP contribution in [-0.2, 0) is 0 Å². The number of aliphatic hydroxyl groups excluding tert-OH is 1. The third-order valence-electron chi connectivity index (χ3n) is 3.10. The van der Waals surface area contributed by atoms with E-state index in [-0.39, 0.29) is 0 Å². The van der Waals surface area contributed by atoms with Crippen LogP contribution in [0.4, 0.5) is 0 Å². The van der Waals surface area contributed by atoms with E-state index in [1.54, 1.807) is 6.07 Å². The smallest absolute Gasteiger partial charge is 0.179 e. The molecule has 1 unspecified atom stereocenters. The van der Waals surface area contributed by atoms with Crippen LogP contribution in [0.3, 0.4) is 0 Å². The van der Waals surface area contributed by atoms with Crippen molar-refractivity contribution in [1.29, 1.82) is 0 Å². The average Bonchev–Trinajstić information content (AvgIpc) is 2.63. The zero-order valence-corrected chi connectivity index (χ0v) is 12.7. The Morgan fingerprint density at radius 2 is 2.00 bits per heavy atom. The molecule has 1 aromatic carbocycles. The van der Waals surface area contributed by atoms with Crippen LogP contribution in [0.5, 0.6) is 11.5 Å². The summed E-state index contributed by atoms with van der Waals surface area (Å²) < 4.78 is 11.2. The molecule has 4 nitrogen and oxygen atoms in total. The topological polar surface area (TPSA) is 50.7 Å². The summed E-state index contributed by atoms with van der Waals surface area (Å²) >= 11 is 6.21. The lowest BCUT2D eigenvalue weighted by molar-refractivity contribution is 0.173. The molecule has 0 aliphatic carbocycles. The molecule has 0 saturated heterocycles. The molecule has 0 radical (unpaired) electrons. The molecule has 1 aliphatic rings. The molecule has 0 aromatic heterocycles. The van der Waals surface area contributed by atoms with E-state index >= 15 is 0 Å². The van der Waals surface area contributed by atoms with E-state index in [2.05, 4.69) is 19.2 Å². The van der Waals surface area contributed by atoms with Crippen molar-refractivity contribution in [1.82, 2.24) is 5.32 Å². The highest BCUT2D eigenvalue weighted by molar-refractivity contribution is 6.32. The minimum absolute atomic E-state index is 0.488. The summed E-state index contributed by atoms with van der Waals surface area (Å²) in [7, 11) is 0. The van der Waals surface area contributed by atoms with Gasteiger partial charge in [0.25, 0.3) is 0 Å². The first-order valence-corrected chi connectivity index (χ1v) is 7.43. The number of hydrogen-bond donors (Lipinski definition) is 2. The summed E-state index contributed by atoms with van der Waals surface area (Å²) in [4.78, 5) is 0. The zero-order valence-electron chi connectivity index (χ0n) is 12.0. The molecule has 0 saturated carbocycles. The molecule has 1 heterocycles. The normalized spacial score (nSPS) is 16.1. The number of aliphatic hydroxyl groups is 1. The van der Waals surface area contributed by atoms with Crippen LogP contribution in [-0.4, -0.2) is 31.4 Å². The lowest BCUT2D eigenvalue weighted by Crippen LogP contribution is -2.25. The van der Waals surface area contributed by atoms with Crippen molar-refractivity contribution < 1.29 is 14.6 Å². The van der Waals surface area contributed by atoms with Gasteiger partial charge in [-0.2, -0.15) is 0 Å². The molecule has 0 spiro atoms. The molecule has 2 N–H and O–H groups in total. The summed E-state index contributed by atoms with van der Waals surface area (Å²) in [6, 6.07) is 3.56. The Hall–Kier alpha value is -0.970. The molecule has 2 rings (SSSR count). The zero-order chi connectivity index (χ0) is 14.5. The molecular formula is C15H22ClNO3. The van der Waals surface area contributed by atoms with E-state index in [1.807, 2.05) is 6.07 Å². The van der Waals surface area contributed by atoms with Crippen LogP contribution in [0.15, 0.2) is 12.1 Å². The number of fused-ring (bicyclic) bond motifs is 1. The summed E-state index contributed by atoms with van der Waals surface area (Å²) in [5.41, 5.74) is 0.746. The van der Waals surface area contributed by atoms with Crippen LogP contribution < -0.4 is 14.8 Å². The molecular weight excluding hydrogens is 278 g/mol. The lowest BCUT2D eigenvalue weighted by Gasteiger charge is -2.16. The van der Waals surface area contributed by atoms with E-state index < -0.39 is 6.10 Å². The number of hydrogen-bond acceptors (Lipinski definition) is 4. The van der Waals surface area contributed by atoms with E-state index in [9.17, 15) is 5.11 Å².